The first-order valence-electron chi connectivity index (χ1n) is 6.53. The van der Waals surface area contributed by atoms with Crippen LogP contribution in [0.15, 0.2) is 18.2 Å². The van der Waals surface area contributed by atoms with Gasteiger partial charge in [0.1, 0.15) is 0 Å². The monoisotopic (exact) mass is 312 g/mol. The average molecular weight is 312 g/mol. The van der Waals surface area contributed by atoms with Crippen LogP contribution in [0.5, 0.6) is 0 Å². The van der Waals surface area contributed by atoms with Gasteiger partial charge < -0.3 is 15.7 Å². The third-order valence-electron chi connectivity index (χ3n) is 3.22. The van der Waals surface area contributed by atoms with Crippen LogP contribution in [0.1, 0.15) is 29.3 Å². The fraction of sp³-hybridized carbons (Fsp3) is 0.429. The summed E-state index contributed by atoms with van der Waals surface area (Å²) in [7, 11) is -0.912. The minimum Gasteiger partial charge on any atom is -0.478 e. The molecule has 116 valence electrons. The predicted octanol–water partition coefficient (Wildman–Crippen LogP) is 1.97. The number of hydrogen-bond donors (Lipinski definition) is 3. The molecule has 2 unspecified atom stereocenters. The molecule has 0 aromatic heterocycles. The Kier molecular flexibility index (Phi) is 6.36. The van der Waals surface area contributed by atoms with Crippen molar-refractivity contribution in [2.24, 2.45) is 0 Å². The summed E-state index contributed by atoms with van der Waals surface area (Å²) in [4.78, 5) is 22.8. The summed E-state index contributed by atoms with van der Waals surface area (Å²) in [6.07, 6.45) is 2.25. The van der Waals surface area contributed by atoms with Crippen molar-refractivity contribution in [1.82, 2.24) is 5.32 Å². The van der Waals surface area contributed by atoms with Gasteiger partial charge in [-0.15, -0.1) is 0 Å². The summed E-state index contributed by atoms with van der Waals surface area (Å²) in [5.41, 5.74) is 1.12. The normalized spacial score (nSPS) is 13.3. The van der Waals surface area contributed by atoms with Crippen molar-refractivity contribution in [2.45, 2.75) is 25.5 Å². The molecule has 0 radical (unpaired) electrons. The number of anilines is 1. The highest BCUT2D eigenvalue weighted by Crippen LogP contribution is 2.18. The Labute approximate surface area is 126 Å². The maximum absolute atomic E-state index is 11.8. The number of carboxylic acids is 1. The van der Waals surface area contributed by atoms with Crippen LogP contribution in [0.4, 0.5) is 10.5 Å². The summed E-state index contributed by atoms with van der Waals surface area (Å²) in [6, 6.07) is 4.30. The van der Waals surface area contributed by atoms with Gasteiger partial charge in [-0.2, -0.15) is 0 Å². The first kappa shape index (κ1) is 17.2. The topological polar surface area (TPSA) is 95.5 Å². The molecule has 7 heteroatoms. The summed E-state index contributed by atoms with van der Waals surface area (Å²) in [5, 5.41) is 14.3. The largest absolute Gasteiger partial charge is 0.478 e. The summed E-state index contributed by atoms with van der Waals surface area (Å²) in [5.74, 6) is -1.03. The molecule has 1 aromatic rings. The maximum atomic E-state index is 11.8. The molecule has 1 aromatic carbocycles. The first-order chi connectivity index (χ1) is 9.82. The summed E-state index contributed by atoms with van der Waals surface area (Å²) >= 11 is 0. The van der Waals surface area contributed by atoms with Gasteiger partial charge >= 0.3 is 12.0 Å². The van der Waals surface area contributed by atoms with E-state index in [-0.39, 0.29) is 10.8 Å². The lowest BCUT2D eigenvalue weighted by Gasteiger charge is -2.12. The van der Waals surface area contributed by atoms with Gasteiger partial charge in [0, 0.05) is 34.5 Å². The van der Waals surface area contributed by atoms with E-state index in [4.69, 9.17) is 5.11 Å². The molecule has 1 rings (SSSR count). The lowest BCUT2D eigenvalue weighted by atomic mass is 10.1. The van der Waals surface area contributed by atoms with E-state index in [1.54, 1.807) is 25.3 Å². The molecule has 0 spiro atoms. The smallest absolute Gasteiger partial charge is 0.336 e. The quantitative estimate of drug-likeness (QED) is 0.748. The number of urea groups is 1. The molecular weight excluding hydrogens is 292 g/mol. The zero-order valence-electron chi connectivity index (χ0n) is 12.3. The zero-order valence-corrected chi connectivity index (χ0v) is 13.1. The van der Waals surface area contributed by atoms with Crippen molar-refractivity contribution in [1.29, 1.82) is 0 Å². The molecule has 21 heavy (non-hydrogen) atoms. The van der Waals surface area contributed by atoms with Crippen molar-refractivity contribution >= 4 is 28.5 Å². The molecule has 0 fully saturated rings. The molecule has 0 aliphatic rings. The van der Waals surface area contributed by atoms with Crippen LogP contribution in [0.2, 0.25) is 0 Å². The second-order valence-electron chi connectivity index (χ2n) is 4.76. The van der Waals surface area contributed by atoms with E-state index in [0.717, 1.165) is 0 Å². The predicted molar refractivity (Wildman–Crippen MR) is 83.3 cm³/mol. The van der Waals surface area contributed by atoms with Gasteiger partial charge in [-0.1, -0.05) is 13.0 Å². The fourth-order valence-electron chi connectivity index (χ4n) is 1.72. The Bertz CT molecular complexity index is 560. The van der Waals surface area contributed by atoms with Gasteiger partial charge in [0.25, 0.3) is 0 Å². The van der Waals surface area contributed by atoms with Crippen molar-refractivity contribution in [3.8, 4) is 0 Å². The molecule has 0 aliphatic carbocycles. The third-order valence-corrected chi connectivity index (χ3v) is 4.58. The second kappa shape index (κ2) is 7.78. The van der Waals surface area contributed by atoms with E-state index in [1.807, 2.05) is 6.92 Å². The van der Waals surface area contributed by atoms with Crippen LogP contribution >= 0.6 is 0 Å². The number of carbonyl (C=O) groups excluding carboxylic acids is 1. The van der Waals surface area contributed by atoms with Crippen LogP contribution in [0, 0.1) is 6.92 Å². The van der Waals surface area contributed by atoms with E-state index in [9.17, 15) is 13.8 Å². The number of hydrogen-bond acceptors (Lipinski definition) is 3. The van der Waals surface area contributed by atoms with Crippen LogP contribution in [0.3, 0.4) is 0 Å². The SMILES string of the molecule is Cc1c(NC(=O)NCCC(C)S(C)=O)cccc1C(=O)O. The second-order valence-corrected chi connectivity index (χ2v) is 6.56. The lowest BCUT2D eigenvalue weighted by molar-refractivity contribution is 0.0696. The number of amides is 2. The molecule has 3 N–H and O–H groups in total. The van der Waals surface area contributed by atoms with Gasteiger partial charge in [0.15, 0.2) is 0 Å². The van der Waals surface area contributed by atoms with Crippen LogP contribution in [-0.4, -0.2) is 39.4 Å². The van der Waals surface area contributed by atoms with Crippen LogP contribution < -0.4 is 10.6 Å². The Morgan fingerprint density at radius 1 is 1.38 bits per heavy atom. The number of carbonyl (C=O) groups is 2. The lowest BCUT2D eigenvalue weighted by Crippen LogP contribution is -2.31. The Hall–Kier alpha value is -1.89. The highest BCUT2D eigenvalue weighted by atomic mass is 32.2. The molecular formula is C14H20N2O4S. The highest BCUT2D eigenvalue weighted by Gasteiger charge is 2.12. The van der Waals surface area contributed by atoms with E-state index in [1.165, 1.54) is 6.07 Å². The van der Waals surface area contributed by atoms with Gasteiger partial charge in [0.2, 0.25) is 0 Å². The molecule has 0 heterocycles. The van der Waals surface area contributed by atoms with Gasteiger partial charge in [0.05, 0.1) is 5.56 Å². The van der Waals surface area contributed by atoms with Crippen molar-refractivity contribution in [3.05, 3.63) is 29.3 Å². The fourth-order valence-corrected chi connectivity index (χ4v) is 2.17. The summed E-state index contributed by atoms with van der Waals surface area (Å²) in [6.45, 7) is 3.90. The zero-order chi connectivity index (χ0) is 16.0. The minimum atomic E-state index is -1.03. The van der Waals surface area contributed by atoms with Gasteiger partial charge in [-0.3, -0.25) is 4.21 Å². The number of aromatic carboxylic acids is 1. The van der Waals surface area contributed by atoms with E-state index >= 15 is 0 Å². The van der Waals surface area contributed by atoms with Crippen molar-refractivity contribution in [2.75, 3.05) is 18.1 Å². The van der Waals surface area contributed by atoms with E-state index in [2.05, 4.69) is 10.6 Å². The Morgan fingerprint density at radius 3 is 2.62 bits per heavy atom. The Balaban J connectivity index is 2.58. The first-order valence-corrected chi connectivity index (χ1v) is 8.15. The van der Waals surface area contributed by atoms with Crippen LogP contribution in [0.25, 0.3) is 0 Å². The van der Waals surface area contributed by atoms with E-state index < -0.39 is 22.8 Å². The third kappa shape index (κ3) is 5.18. The summed E-state index contributed by atoms with van der Waals surface area (Å²) < 4.78 is 11.2. The highest BCUT2D eigenvalue weighted by molar-refractivity contribution is 7.84. The number of rotatable bonds is 6. The van der Waals surface area contributed by atoms with E-state index in [0.29, 0.717) is 24.2 Å². The number of benzene rings is 1. The molecule has 6 nitrogen and oxygen atoms in total. The molecule has 0 bridgehead atoms. The number of nitrogens with one attached hydrogen (secondary N) is 2. The Morgan fingerprint density at radius 2 is 2.05 bits per heavy atom. The number of carboxylic acid groups (broad SMARTS) is 1. The van der Waals surface area contributed by atoms with Crippen molar-refractivity contribution in [3.63, 3.8) is 0 Å². The van der Waals surface area contributed by atoms with Gasteiger partial charge in [-0.25, -0.2) is 9.59 Å². The molecule has 0 saturated heterocycles. The maximum Gasteiger partial charge on any atom is 0.336 e. The van der Waals surface area contributed by atoms with Crippen LogP contribution in [-0.2, 0) is 10.8 Å². The standard InChI is InChI=1S/C14H20N2O4S/c1-9(21(3)20)7-8-15-14(19)16-12-6-4-5-11(10(12)2)13(17)18/h4-6,9H,7-8H2,1-3H3,(H,17,18)(H2,15,16,19). The average Bonchev–Trinajstić information content (AvgIpc) is 2.40. The molecule has 0 aliphatic heterocycles. The molecule has 2 atom stereocenters. The minimum absolute atomic E-state index is 0.0161. The molecule has 0 saturated carbocycles. The molecule has 2 amide bonds. The van der Waals surface area contributed by atoms with Crippen molar-refractivity contribution < 1.29 is 18.9 Å². The van der Waals surface area contributed by atoms with Gasteiger partial charge in [-0.05, 0) is 31.0 Å².